The molecule has 0 saturated heterocycles. The monoisotopic (exact) mass is 314 g/mol. The first-order chi connectivity index (χ1) is 9.49. The second kappa shape index (κ2) is 6.30. The van der Waals surface area contributed by atoms with Crippen molar-refractivity contribution in [3.05, 3.63) is 59.0 Å². The molecule has 20 heavy (non-hydrogen) atoms. The van der Waals surface area contributed by atoms with Gasteiger partial charge in [-0.3, -0.25) is 0 Å². The zero-order valence-corrected chi connectivity index (χ0v) is 12.0. The van der Waals surface area contributed by atoms with Crippen LogP contribution < -0.4 is 4.72 Å². The van der Waals surface area contributed by atoms with Gasteiger partial charge in [0.05, 0.1) is 0 Å². The molecule has 106 valence electrons. The van der Waals surface area contributed by atoms with Crippen LogP contribution in [0.3, 0.4) is 0 Å². The molecule has 1 aromatic carbocycles. The fraction of sp³-hybridized carbons (Fsp3) is 0.154. The highest BCUT2D eigenvalue weighted by molar-refractivity contribution is 7.89. The summed E-state index contributed by atoms with van der Waals surface area (Å²) in [5.74, 6) is -0.872. The molecule has 0 amide bonds. The van der Waals surface area contributed by atoms with Crippen LogP contribution in [-0.4, -0.2) is 19.9 Å². The highest BCUT2D eigenvalue weighted by atomic mass is 35.5. The Bertz CT molecular complexity index is 707. The summed E-state index contributed by atoms with van der Waals surface area (Å²) in [7, 11) is -3.94. The minimum absolute atomic E-state index is 0.138. The molecule has 4 nitrogen and oxygen atoms in total. The maximum atomic E-state index is 13.4. The Hall–Kier alpha value is -1.50. The number of pyridine rings is 1. The number of sulfonamides is 1. The molecule has 2 aromatic rings. The van der Waals surface area contributed by atoms with Gasteiger partial charge in [-0.05, 0) is 36.2 Å². The van der Waals surface area contributed by atoms with Crippen molar-refractivity contribution in [1.82, 2.24) is 9.71 Å². The molecule has 0 aliphatic rings. The maximum Gasteiger partial charge on any atom is 0.261 e. The van der Waals surface area contributed by atoms with Gasteiger partial charge in [-0.1, -0.05) is 23.7 Å². The lowest BCUT2D eigenvalue weighted by molar-refractivity contribution is 0.545. The smallest absolute Gasteiger partial charge is 0.241 e. The van der Waals surface area contributed by atoms with Crippen molar-refractivity contribution < 1.29 is 12.8 Å². The van der Waals surface area contributed by atoms with E-state index in [-0.39, 0.29) is 6.54 Å². The maximum absolute atomic E-state index is 13.4. The van der Waals surface area contributed by atoms with E-state index in [0.29, 0.717) is 11.4 Å². The SMILES string of the molecule is O=S(=O)(NCCc1cccc(Cl)c1)c1ncccc1F. The lowest BCUT2D eigenvalue weighted by atomic mass is 10.2. The van der Waals surface area contributed by atoms with E-state index in [1.807, 2.05) is 6.07 Å². The molecule has 2 rings (SSSR count). The molecule has 1 heterocycles. The fourth-order valence-corrected chi connectivity index (χ4v) is 2.90. The van der Waals surface area contributed by atoms with Crippen LogP contribution in [0.15, 0.2) is 47.6 Å². The van der Waals surface area contributed by atoms with E-state index < -0.39 is 20.9 Å². The number of hydrogen-bond donors (Lipinski definition) is 1. The molecule has 0 unspecified atom stereocenters. The molecule has 0 atom stereocenters. The molecule has 1 aromatic heterocycles. The number of hydrogen-bond acceptors (Lipinski definition) is 3. The van der Waals surface area contributed by atoms with E-state index in [1.54, 1.807) is 18.2 Å². The van der Waals surface area contributed by atoms with Crippen molar-refractivity contribution in [2.24, 2.45) is 0 Å². The van der Waals surface area contributed by atoms with Gasteiger partial charge < -0.3 is 0 Å². The third kappa shape index (κ3) is 3.75. The van der Waals surface area contributed by atoms with Crippen LogP contribution in [0.2, 0.25) is 5.02 Å². The number of nitrogens with zero attached hydrogens (tertiary/aromatic N) is 1. The third-order valence-electron chi connectivity index (χ3n) is 2.57. The summed E-state index contributed by atoms with van der Waals surface area (Å²) in [5, 5.41) is -0.00720. The number of benzene rings is 1. The van der Waals surface area contributed by atoms with E-state index in [1.165, 1.54) is 12.3 Å². The highest BCUT2D eigenvalue weighted by Crippen LogP contribution is 2.12. The average Bonchev–Trinajstić information content (AvgIpc) is 2.39. The van der Waals surface area contributed by atoms with Gasteiger partial charge in [0, 0.05) is 17.8 Å². The van der Waals surface area contributed by atoms with Crippen LogP contribution in [0.1, 0.15) is 5.56 Å². The molecule has 7 heteroatoms. The molecule has 1 N–H and O–H groups in total. The molecule has 0 spiro atoms. The topological polar surface area (TPSA) is 59.1 Å². The zero-order valence-electron chi connectivity index (χ0n) is 10.4. The van der Waals surface area contributed by atoms with Crippen LogP contribution in [0.4, 0.5) is 4.39 Å². The second-order valence-corrected chi connectivity index (χ2v) is 6.19. The minimum Gasteiger partial charge on any atom is -0.241 e. The Morgan fingerprint density at radius 2 is 2.05 bits per heavy atom. The van der Waals surface area contributed by atoms with Crippen LogP contribution in [-0.2, 0) is 16.4 Å². The van der Waals surface area contributed by atoms with Crippen molar-refractivity contribution in [1.29, 1.82) is 0 Å². The molecule has 0 radical (unpaired) electrons. The standard InChI is InChI=1S/C13H12ClFN2O2S/c14-11-4-1-3-10(9-11)6-8-17-20(18,19)13-12(15)5-2-7-16-13/h1-5,7,9,17H,6,8H2. The molecule has 0 bridgehead atoms. The van der Waals surface area contributed by atoms with Gasteiger partial charge in [0.15, 0.2) is 5.82 Å². The van der Waals surface area contributed by atoms with Gasteiger partial charge >= 0.3 is 0 Å². The van der Waals surface area contributed by atoms with Crippen molar-refractivity contribution >= 4 is 21.6 Å². The Kier molecular flexibility index (Phi) is 4.69. The molecule has 0 aliphatic carbocycles. The van der Waals surface area contributed by atoms with E-state index >= 15 is 0 Å². The van der Waals surface area contributed by atoms with Gasteiger partial charge in [-0.15, -0.1) is 0 Å². The first-order valence-electron chi connectivity index (χ1n) is 5.84. The number of aromatic nitrogens is 1. The lowest BCUT2D eigenvalue weighted by Gasteiger charge is -2.07. The van der Waals surface area contributed by atoms with Crippen molar-refractivity contribution in [2.75, 3.05) is 6.54 Å². The second-order valence-electron chi connectivity index (χ2n) is 4.07. The van der Waals surface area contributed by atoms with E-state index in [2.05, 4.69) is 9.71 Å². The van der Waals surface area contributed by atoms with Crippen molar-refractivity contribution in [3.8, 4) is 0 Å². The lowest BCUT2D eigenvalue weighted by Crippen LogP contribution is -2.27. The van der Waals surface area contributed by atoms with Gasteiger partial charge in [0.25, 0.3) is 10.0 Å². The zero-order chi connectivity index (χ0) is 14.6. The third-order valence-corrected chi connectivity index (χ3v) is 4.20. The van der Waals surface area contributed by atoms with Gasteiger partial charge in [-0.25, -0.2) is 22.5 Å². The van der Waals surface area contributed by atoms with Crippen LogP contribution >= 0.6 is 11.6 Å². The highest BCUT2D eigenvalue weighted by Gasteiger charge is 2.19. The van der Waals surface area contributed by atoms with Crippen molar-refractivity contribution in [3.63, 3.8) is 0 Å². The largest absolute Gasteiger partial charge is 0.261 e. The number of halogens is 2. The Morgan fingerprint density at radius 3 is 2.75 bits per heavy atom. The first kappa shape index (κ1) is 14.9. The average molecular weight is 315 g/mol. The Labute approximate surface area is 121 Å². The van der Waals surface area contributed by atoms with E-state index in [0.717, 1.165) is 11.6 Å². The number of rotatable bonds is 5. The molecule has 0 aliphatic heterocycles. The first-order valence-corrected chi connectivity index (χ1v) is 7.70. The molecule has 0 fully saturated rings. The predicted octanol–water partition coefficient (Wildman–Crippen LogP) is 2.40. The summed E-state index contributed by atoms with van der Waals surface area (Å²) in [6.07, 6.45) is 1.68. The summed E-state index contributed by atoms with van der Waals surface area (Å²) in [6, 6.07) is 9.49. The summed E-state index contributed by atoms with van der Waals surface area (Å²) in [5.41, 5.74) is 0.890. The fourth-order valence-electron chi connectivity index (χ4n) is 1.66. The van der Waals surface area contributed by atoms with E-state index in [9.17, 15) is 12.8 Å². The van der Waals surface area contributed by atoms with Gasteiger partial charge in [0.2, 0.25) is 5.03 Å². The Morgan fingerprint density at radius 1 is 1.25 bits per heavy atom. The van der Waals surface area contributed by atoms with Crippen LogP contribution in [0.25, 0.3) is 0 Å². The predicted molar refractivity (Wildman–Crippen MR) is 74.5 cm³/mol. The molecular weight excluding hydrogens is 303 g/mol. The van der Waals surface area contributed by atoms with Crippen LogP contribution in [0, 0.1) is 5.82 Å². The molecular formula is C13H12ClFN2O2S. The normalized spacial score (nSPS) is 11.5. The quantitative estimate of drug-likeness (QED) is 0.922. The van der Waals surface area contributed by atoms with Gasteiger partial charge in [-0.2, -0.15) is 0 Å². The summed E-state index contributed by atoms with van der Waals surface area (Å²) in [6.45, 7) is 0.138. The van der Waals surface area contributed by atoms with Crippen molar-refractivity contribution in [2.45, 2.75) is 11.4 Å². The van der Waals surface area contributed by atoms with E-state index in [4.69, 9.17) is 11.6 Å². The Balaban J connectivity index is 2.02. The summed E-state index contributed by atoms with van der Waals surface area (Å²) in [4.78, 5) is 3.54. The number of nitrogens with one attached hydrogen (secondary N) is 1. The van der Waals surface area contributed by atoms with Gasteiger partial charge in [0.1, 0.15) is 0 Å². The summed E-state index contributed by atoms with van der Waals surface area (Å²) >= 11 is 5.83. The van der Waals surface area contributed by atoms with Crippen LogP contribution in [0.5, 0.6) is 0 Å². The summed E-state index contributed by atoms with van der Waals surface area (Å²) < 4.78 is 39.4. The minimum atomic E-state index is -3.94. The molecule has 0 saturated carbocycles.